The van der Waals surface area contributed by atoms with Crippen LogP contribution in [0.5, 0.6) is 5.88 Å². The highest BCUT2D eigenvalue weighted by molar-refractivity contribution is 5.77. The number of aromatic nitrogens is 2. The minimum Gasteiger partial charge on any atom is -0.478 e. The third kappa shape index (κ3) is 4.78. The molecule has 146 valence electrons. The Morgan fingerprint density at radius 2 is 1.93 bits per heavy atom. The lowest BCUT2D eigenvalue weighted by atomic mass is 10.0. The SMILES string of the molecule is COc1nc2ccccc2nc1N1CCCCC1CNC(=O)OC(C)(C)C. The Labute approximate surface area is 160 Å². The summed E-state index contributed by atoms with van der Waals surface area (Å²) in [7, 11) is 1.61. The molecule has 0 bridgehead atoms. The van der Waals surface area contributed by atoms with Gasteiger partial charge in [0, 0.05) is 19.1 Å². The molecule has 0 saturated carbocycles. The number of carbonyl (C=O) groups is 1. The van der Waals surface area contributed by atoms with Crippen molar-refractivity contribution in [3.8, 4) is 5.88 Å². The number of methoxy groups -OCH3 is 1. The summed E-state index contributed by atoms with van der Waals surface area (Å²) in [6.45, 7) is 6.91. The second-order valence-corrected chi connectivity index (χ2v) is 7.77. The van der Waals surface area contributed by atoms with Crippen molar-refractivity contribution in [3.05, 3.63) is 24.3 Å². The van der Waals surface area contributed by atoms with Crippen molar-refractivity contribution < 1.29 is 14.3 Å². The number of nitrogens with zero attached hydrogens (tertiary/aromatic N) is 3. The van der Waals surface area contributed by atoms with E-state index in [9.17, 15) is 4.79 Å². The summed E-state index contributed by atoms with van der Waals surface area (Å²) in [5, 5.41) is 2.89. The molecule has 1 aromatic heterocycles. The summed E-state index contributed by atoms with van der Waals surface area (Å²) in [6.07, 6.45) is 2.75. The van der Waals surface area contributed by atoms with Crippen LogP contribution in [0.2, 0.25) is 0 Å². The van der Waals surface area contributed by atoms with Gasteiger partial charge in [-0.2, -0.15) is 0 Å². The molecule has 1 amide bonds. The number of rotatable bonds is 4. The molecule has 1 unspecified atom stereocenters. The van der Waals surface area contributed by atoms with Gasteiger partial charge in [0.25, 0.3) is 5.88 Å². The highest BCUT2D eigenvalue weighted by Gasteiger charge is 2.28. The van der Waals surface area contributed by atoms with Crippen LogP contribution in [0.25, 0.3) is 11.0 Å². The van der Waals surface area contributed by atoms with Crippen molar-refractivity contribution in [1.29, 1.82) is 0 Å². The minimum absolute atomic E-state index is 0.121. The van der Waals surface area contributed by atoms with E-state index < -0.39 is 11.7 Å². The molecule has 7 nitrogen and oxygen atoms in total. The first-order chi connectivity index (χ1) is 12.9. The number of hydrogen-bond acceptors (Lipinski definition) is 6. The molecule has 7 heteroatoms. The summed E-state index contributed by atoms with van der Waals surface area (Å²) >= 11 is 0. The molecule has 0 radical (unpaired) electrons. The Balaban J connectivity index is 1.81. The first kappa shape index (κ1) is 19.2. The van der Waals surface area contributed by atoms with Crippen LogP contribution >= 0.6 is 0 Å². The maximum atomic E-state index is 12.0. The van der Waals surface area contributed by atoms with Gasteiger partial charge in [0.05, 0.1) is 18.1 Å². The summed E-state index contributed by atoms with van der Waals surface area (Å²) in [4.78, 5) is 23.6. The minimum atomic E-state index is -0.511. The van der Waals surface area contributed by atoms with Crippen LogP contribution in [0.4, 0.5) is 10.6 Å². The lowest BCUT2D eigenvalue weighted by Gasteiger charge is -2.37. The summed E-state index contributed by atoms with van der Waals surface area (Å²) < 4.78 is 10.9. The van der Waals surface area contributed by atoms with Gasteiger partial charge in [-0.25, -0.2) is 14.8 Å². The molecule has 27 heavy (non-hydrogen) atoms. The van der Waals surface area contributed by atoms with Crippen LogP contribution in [-0.4, -0.2) is 47.9 Å². The van der Waals surface area contributed by atoms with Gasteiger partial charge in [0.2, 0.25) is 0 Å². The average Bonchev–Trinajstić information content (AvgIpc) is 2.64. The lowest BCUT2D eigenvalue weighted by molar-refractivity contribution is 0.0523. The van der Waals surface area contributed by atoms with E-state index in [-0.39, 0.29) is 6.04 Å². The first-order valence-corrected chi connectivity index (χ1v) is 9.41. The monoisotopic (exact) mass is 372 g/mol. The molecule has 2 heterocycles. The zero-order valence-corrected chi connectivity index (χ0v) is 16.5. The molecule has 1 atom stereocenters. The fourth-order valence-electron chi connectivity index (χ4n) is 3.31. The van der Waals surface area contributed by atoms with Crippen molar-refractivity contribution in [2.75, 3.05) is 25.1 Å². The fourth-order valence-corrected chi connectivity index (χ4v) is 3.31. The maximum Gasteiger partial charge on any atom is 0.407 e. The van der Waals surface area contributed by atoms with Crippen molar-refractivity contribution in [2.45, 2.75) is 51.7 Å². The third-order valence-corrected chi connectivity index (χ3v) is 4.49. The molecule has 3 rings (SSSR count). The molecule has 0 spiro atoms. The quantitative estimate of drug-likeness (QED) is 0.885. The Kier molecular flexibility index (Phi) is 5.68. The molecule has 1 fully saturated rings. The predicted molar refractivity (Wildman–Crippen MR) is 105 cm³/mol. The molecule has 1 aliphatic rings. The van der Waals surface area contributed by atoms with E-state index in [1.165, 1.54) is 0 Å². The molecule has 1 aliphatic heterocycles. The predicted octanol–water partition coefficient (Wildman–Crippen LogP) is 3.52. The molecule has 2 aromatic rings. The Morgan fingerprint density at radius 1 is 1.22 bits per heavy atom. The maximum absolute atomic E-state index is 12.0. The molecular weight excluding hydrogens is 344 g/mol. The zero-order chi connectivity index (χ0) is 19.4. The van der Waals surface area contributed by atoms with Crippen molar-refractivity contribution in [3.63, 3.8) is 0 Å². The Hall–Kier alpha value is -2.57. The highest BCUT2D eigenvalue weighted by Crippen LogP contribution is 2.31. The van der Waals surface area contributed by atoms with Crippen LogP contribution < -0.4 is 15.0 Å². The second kappa shape index (κ2) is 7.98. The van der Waals surface area contributed by atoms with Gasteiger partial charge in [0.1, 0.15) is 5.60 Å². The van der Waals surface area contributed by atoms with Crippen molar-refractivity contribution >= 4 is 22.9 Å². The molecule has 1 saturated heterocycles. The fraction of sp³-hybridized carbons (Fsp3) is 0.550. The van der Waals surface area contributed by atoms with Crippen LogP contribution in [-0.2, 0) is 4.74 Å². The van der Waals surface area contributed by atoms with Gasteiger partial charge >= 0.3 is 6.09 Å². The van der Waals surface area contributed by atoms with Crippen LogP contribution in [0.15, 0.2) is 24.3 Å². The topological polar surface area (TPSA) is 76.6 Å². The zero-order valence-electron chi connectivity index (χ0n) is 16.5. The second-order valence-electron chi connectivity index (χ2n) is 7.77. The standard InChI is InChI=1S/C20H28N4O3/c1-20(2,3)27-19(25)21-13-14-9-7-8-12-24(14)17-18(26-4)23-16-11-6-5-10-15(16)22-17/h5-6,10-11,14H,7-9,12-13H2,1-4H3,(H,21,25). The highest BCUT2D eigenvalue weighted by atomic mass is 16.6. The van der Waals surface area contributed by atoms with Gasteiger partial charge in [-0.05, 0) is 52.2 Å². The smallest absolute Gasteiger partial charge is 0.407 e. The summed E-state index contributed by atoms with van der Waals surface area (Å²) in [5.41, 5.74) is 1.12. The van der Waals surface area contributed by atoms with E-state index >= 15 is 0 Å². The number of piperidine rings is 1. The van der Waals surface area contributed by atoms with Crippen molar-refractivity contribution in [1.82, 2.24) is 15.3 Å². The number of alkyl carbamates (subject to hydrolysis) is 1. The first-order valence-electron chi connectivity index (χ1n) is 9.41. The van der Waals surface area contributed by atoms with Crippen LogP contribution in [0.1, 0.15) is 40.0 Å². The van der Waals surface area contributed by atoms with Gasteiger partial charge in [-0.1, -0.05) is 12.1 Å². The number of carbonyl (C=O) groups excluding carboxylic acids is 1. The van der Waals surface area contributed by atoms with Crippen molar-refractivity contribution in [2.24, 2.45) is 0 Å². The lowest BCUT2D eigenvalue weighted by Crippen LogP contribution is -2.48. The molecule has 1 aromatic carbocycles. The average molecular weight is 372 g/mol. The van der Waals surface area contributed by atoms with Gasteiger partial charge in [0.15, 0.2) is 5.82 Å². The van der Waals surface area contributed by atoms with Crippen LogP contribution in [0.3, 0.4) is 0 Å². The summed E-state index contributed by atoms with van der Waals surface area (Å²) in [6, 6.07) is 7.88. The largest absolute Gasteiger partial charge is 0.478 e. The number of benzene rings is 1. The van der Waals surface area contributed by atoms with E-state index in [2.05, 4.69) is 15.2 Å². The molecule has 1 N–H and O–H groups in total. The normalized spacial score (nSPS) is 17.6. The van der Waals surface area contributed by atoms with Gasteiger partial charge < -0.3 is 19.7 Å². The van der Waals surface area contributed by atoms with E-state index in [0.717, 1.165) is 42.7 Å². The summed E-state index contributed by atoms with van der Waals surface area (Å²) in [5.74, 6) is 1.24. The Morgan fingerprint density at radius 3 is 2.59 bits per heavy atom. The number of para-hydroxylation sites is 2. The van der Waals surface area contributed by atoms with E-state index in [1.54, 1.807) is 7.11 Å². The van der Waals surface area contributed by atoms with Gasteiger partial charge in [-0.15, -0.1) is 0 Å². The van der Waals surface area contributed by atoms with Crippen LogP contribution in [0, 0.1) is 0 Å². The van der Waals surface area contributed by atoms with Gasteiger partial charge in [-0.3, -0.25) is 0 Å². The van der Waals surface area contributed by atoms with E-state index in [4.69, 9.17) is 14.5 Å². The number of fused-ring (bicyclic) bond motifs is 1. The van der Waals surface area contributed by atoms with E-state index in [1.807, 2.05) is 45.0 Å². The molecular formula is C20H28N4O3. The third-order valence-electron chi connectivity index (χ3n) is 4.49. The Bertz CT molecular complexity index is 803. The molecule has 0 aliphatic carbocycles. The number of ether oxygens (including phenoxy) is 2. The number of nitrogens with one attached hydrogen (secondary N) is 1. The number of hydrogen-bond donors (Lipinski definition) is 1. The number of amides is 1. The van der Waals surface area contributed by atoms with E-state index in [0.29, 0.717) is 12.4 Å². The number of anilines is 1.